The molecule has 1 aliphatic carbocycles. The Hall–Kier alpha value is -1.75. The smallest absolute Gasteiger partial charge is 0.252 e. The molecule has 26 heavy (non-hydrogen) atoms. The molecule has 1 aromatic rings. The summed E-state index contributed by atoms with van der Waals surface area (Å²) in [6.07, 6.45) is 4.52. The Morgan fingerprint density at radius 2 is 1.88 bits per heavy atom. The van der Waals surface area contributed by atoms with E-state index in [1.165, 1.54) is 11.1 Å². The zero-order valence-corrected chi connectivity index (χ0v) is 16.3. The summed E-state index contributed by atoms with van der Waals surface area (Å²) in [5, 5.41) is 0. The number of methoxy groups -OCH3 is 2. The second kappa shape index (κ2) is 6.15. The van der Waals surface area contributed by atoms with Crippen LogP contribution in [0.25, 0.3) is 0 Å². The van der Waals surface area contributed by atoms with Gasteiger partial charge < -0.3 is 19.1 Å². The van der Waals surface area contributed by atoms with Crippen molar-refractivity contribution in [2.45, 2.75) is 57.6 Å². The Morgan fingerprint density at radius 1 is 1.19 bits per heavy atom. The zero-order chi connectivity index (χ0) is 18.5. The Bertz CT molecular complexity index is 723. The van der Waals surface area contributed by atoms with Gasteiger partial charge in [0.05, 0.1) is 26.4 Å². The van der Waals surface area contributed by atoms with Crippen LogP contribution in [0.3, 0.4) is 0 Å². The fourth-order valence-electron chi connectivity index (χ4n) is 4.80. The highest BCUT2D eigenvalue weighted by atomic mass is 16.5. The van der Waals surface area contributed by atoms with E-state index in [1.807, 2.05) is 0 Å². The molecule has 5 heteroatoms. The van der Waals surface area contributed by atoms with Gasteiger partial charge in [0.1, 0.15) is 6.10 Å². The third-order valence-electron chi connectivity index (χ3n) is 6.37. The van der Waals surface area contributed by atoms with Gasteiger partial charge in [0.15, 0.2) is 11.5 Å². The molecule has 0 radical (unpaired) electrons. The Labute approximate surface area is 155 Å². The maximum Gasteiger partial charge on any atom is 0.252 e. The van der Waals surface area contributed by atoms with Crippen molar-refractivity contribution < 1.29 is 19.0 Å². The highest BCUT2D eigenvalue weighted by Crippen LogP contribution is 2.52. The van der Waals surface area contributed by atoms with Gasteiger partial charge >= 0.3 is 0 Å². The lowest BCUT2D eigenvalue weighted by Crippen LogP contribution is -2.59. The molecule has 0 bridgehead atoms. The van der Waals surface area contributed by atoms with Gasteiger partial charge in [-0.2, -0.15) is 0 Å². The number of fused-ring (bicyclic) bond motifs is 2. The van der Waals surface area contributed by atoms with Gasteiger partial charge in [-0.3, -0.25) is 4.79 Å². The average molecular weight is 359 g/mol. The van der Waals surface area contributed by atoms with Crippen LogP contribution in [-0.4, -0.2) is 44.3 Å². The quantitative estimate of drug-likeness (QED) is 0.831. The highest BCUT2D eigenvalue weighted by Gasteiger charge is 2.52. The first-order valence-electron chi connectivity index (χ1n) is 9.59. The molecule has 1 saturated carbocycles. The molecule has 1 amide bonds. The van der Waals surface area contributed by atoms with Crippen molar-refractivity contribution in [2.75, 3.05) is 27.4 Å². The van der Waals surface area contributed by atoms with Crippen LogP contribution in [0.5, 0.6) is 11.5 Å². The molecular weight excluding hydrogens is 330 g/mol. The normalized spacial score (nSPS) is 25.5. The van der Waals surface area contributed by atoms with E-state index in [2.05, 4.69) is 30.9 Å². The summed E-state index contributed by atoms with van der Waals surface area (Å²) in [5.41, 5.74) is 2.40. The summed E-state index contributed by atoms with van der Waals surface area (Å²) in [6.45, 7) is 5.75. The van der Waals surface area contributed by atoms with Crippen molar-refractivity contribution >= 4 is 5.91 Å². The SMILES string of the molecule is COc1cc2c(cc1OC)C1(CCC1)N(C(=O)C1CC(C)(C)CO1)CC2. The topological polar surface area (TPSA) is 48.0 Å². The number of hydrogen-bond donors (Lipinski definition) is 0. The molecule has 3 aliphatic rings. The molecule has 2 aliphatic heterocycles. The number of nitrogens with zero attached hydrogens (tertiary/aromatic N) is 1. The highest BCUT2D eigenvalue weighted by molar-refractivity contribution is 5.83. The number of carbonyl (C=O) groups is 1. The second-order valence-corrected chi connectivity index (χ2v) is 8.66. The van der Waals surface area contributed by atoms with Crippen molar-refractivity contribution in [1.29, 1.82) is 0 Å². The second-order valence-electron chi connectivity index (χ2n) is 8.66. The Balaban J connectivity index is 1.69. The van der Waals surface area contributed by atoms with Gasteiger partial charge in [-0.1, -0.05) is 13.8 Å². The van der Waals surface area contributed by atoms with Crippen LogP contribution in [0, 0.1) is 5.41 Å². The fraction of sp³-hybridized carbons (Fsp3) is 0.667. The molecule has 2 heterocycles. The molecular formula is C21H29NO4. The van der Waals surface area contributed by atoms with Crippen LogP contribution in [0.4, 0.5) is 0 Å². The number of hydrogen-bond acceptors (Lipinski definition) is 4. The fourth-order valence-corrected chi connectivity index (χ4v) is 4.80. The maximum atomic E-state index is 13.3. The van der Waals surface area contributed by atoms with Crippen LogP contribution < -0.4 is 9.47 Å². The van der Waals surface area contributed by atoms with Crippen LogP contribution in [0.15, 0.2) is 12.1 Å². The molecule has 1 saturated heterocycles. The van der Waals surface area contributed by atoms with Crippen molar-refractivity contribution in [3.8, 4) is 11.5 Å². The lowest BCUT2D eigenvalue weighted by atomic mass is 9.66. The molecule has 1 aromatic carbocycles. The molecule has 2 fully saturated rings. The van der Waals surface area contributed by atoms with Crippen LogP contribution in [-0.2, 0) is 21.5 Å². The van der Waals surface area contributed by atoms with Gasteiger partial charge in [0, 0.05) is 6.54 Å². The summed E-state index contributed by atoms with van der Waals surface area (Å²) in [7, 11) is 3.33. The van der Waals surface area contributed by atoms with E-state index in [1.54, 1.807) is 14.2 Å². The molecule has 0 aromatic heterocycles. The van der Waals surface area contributed by atoms with Crippen molar-refractivity contribution in [1.82, 2.24) is 4.90 Å². The summed E-state index contributed by atoms with van der Waals surface area (Å²) < 4.78 is 16.9. The molecule has 1 spiro atoms. The van der Waals surface area contributed by atoms with E-state index in [0.29, 0.717) is 6.61 Å². The van der Waals surface area contributed by atoms with Crippen molar-refractivity contribution in [3.63, 3.8) is 0 Å². The molecule has 1 atom stereocenters. The monoisotopic (exact) mass is 359 g/mol. The Morgan fingerprint density at radius 3 is 2.42 bits per heavy atom. The van der Waals surface area contributed by atoms with Crippen LogP contribution >= 0.6 is 0 Å². The number of rotatable bonds is 3. The van der Waals surface area contributed by atoms with Gasteiger partial charge in [0.2, 0.25) is 0 Å². The summed E-state index contributed by atoms with van der Waals surface area (Å²) >= 11 is 0. The minimum Gasteiger partial charge on any atom is -0.493 e. The third kappa shape index (κ3) is 2.59. The third-order valence-corrected chi connectivity index (χ3v) is 6.37. The lowest BCUT2D eigenvalue weighted by Gasteiger charge is -2.54. The van der Waals surface area contributed by atoms with E-state index in [9.17, 15) is 4.79 Å². The number of benzene rings is 1. The average Bonchev–Trinajstić information content (AvgIpc) is 2.97. The molecule has 4 rings (SSSR count). The van der Waals surface area contributed by atoms with Gasteiger partial charge in [-0.25, -0.2) is 0 Å². The molecule has 5 nitrogen and oxygen atoms in total. The van der Waals surface area contributed by atoms with Gasteiger partial charge in [-0.05, 0) is 60.8 Å². The zero-order valence-electron chi connectivity index (χ0n) is 16.3. The minimum absolute atomic E-state index is 0.0807. The minimum atomic E-state index is -0.302. The largest absolute Gasteiger partial charge is 0.493 e. The summed E-state index contributed by atoms with van der Waals surface area (Å²) in [4.78, 5) is 15.4. The summed E-state index contributed by atoms with van der Waals surface area (Å²) in [5.74, 6) is 1.67. The van der Waals surface area contributed by atoms with E-state index < -0.39 is 0 Å². The molecule has 1 unspecified atom stereocenters. The van der Waals surface area contributed by atoms with Crippen LogP contribution in [0.1, 0.15) is 50.7 Å². The number of ether oxygens (including phenoxy) is 3. The molecule has 142 valence electrons. The lowest BCUT2D eigenvalue weighted by molar-refractivity contribution is -0.153. The first-order chi connectivity index (χ1) is 12.4. The van der Waals surface area contributed by atoms with E-state index in [4.69, 9.17) is 14.2 Å². The van der Waals surface area contributed by atoms with Crippen LogP contribution in [0.2, 0.25) is 0 Å². The van der Waals surface area contributed by atoms with Gasteiger partial charge in [0.25, 0.3) is 5.91 Å². The van der Waals surface area contributed by atoms with Crippen molar-refractivity contribution in [2.24, 2.45) is 5.41 Å². The van der Waals surface area contributed by atoms with E-state index in [-0.39, 0.29) is 23.0 Å². The predicted molar refractivity (Wildman–Crippen MR) is 98.6 cm³/mol. The first kappa shape index (κ1) is 17.7. The van der Waals surface area contributed by atoms with Crippen molar-refractivity contribution in [3.05, 3.63) is 23.3 Å². The Kier molecular flexibility index (Phi) is 4.18. The maximum absolute atomic E-state index is 13.3. The summed E-state index contributed by atoms with van der Waals surface area (Å²) in [6, 6.07) is 4.18. The van der Waals surface area contributed by atoms with Gasteiger partial charge in [-0.15, -0.1) is 0 Å². The number of carbonyl (C=O) groups excluding carboxylic acids is 1. The molecule has 0 N–H and O–H groups in total. The van der Waals surface area contributed by atoms with E-state index in [0.717, 1.165) is 50.1 Å². The number of amides is 1. The van der Waals surface area contributed by atoms with E-state index >= 15 is 0 Å². The standard InChI is InChI=1S/C21H29NO4/c1-20(2)12-18(26-13-20)19(23)22-9-6-14-10-16(24-3)17(25-4)11-15(14)21(22)7-5-8-21/h10-11,18H,5-9,12-13H2,1-4H3. The first-order valence-corrected chi connectivity index (χ1v) is 9.59. The predicted octanol–water partition coefficient (Wildman–Crippen LogP) is 3.28.